The largest absolute Gasteiger partial charge is 0.461 e. The molecule has 0 spiro atoms. The molecule has 2 aromatic carbocycles. The fourth-order valence-electron chi connectivity index (χ4n) is 2.72. The molecule has 1 aliphatic rings. The van der Waals surface area contributed by atoms with Gasteiger partial charge in [-0.25, -0.2) is 0 Å². The molecule has 6 nitrogen and oxygen atoms in total. The number of ether oxygens (including phenoxy) is 2. The molecule has 1 heterocycles. The normalized spacial score (nSPS) is 30.1. The van der Waals surface area contributed by atoms with Crippen molar-refractivity contribution in [3.05, 3.63) is 54.6 Å². The highest BCUT2D eigenvalue weighted by atomic mass is 16.7. The Labute approximate surface area is 139 Å². The summed E-state index contributed by atoms with van der Waals surface area (Å²) in [6.45, 7) is -0.495. The molecule has 1 aliphatic heterocycles. The molecule has 24 heavy (non-hydrogen) atoms. The van der Waals surface area contributed by atoms with Crippen molar-refractivity contribution in [2.24, 2.45) is 0 Å². The molecule has 4 N–H and O–H groups in total. The van der Waals surface area contributed by atoms with Gasteiger partial charge in [-0.1, -0.05) is 48.5 Å². The number of hydrogen-bond donors (Lipinski definition) is 4. The Morgan fingerprint density at radius 3 is 2.21 bits per heavy atom. The van der Waals surface area contributed by atoms with Crippen LogP contribution in [0.15, 0.2) is 54.6 Å². The maximum Gasteiger partial charge on any atom is 0.229 e. The van der Waals surface area contributed by atoms with Gasteiger partial charge < -0.3 is 29.9 Å². The van der Waals surface area contributed by atoms with Crippen LogP contribution in [0.1, 0.15) is 0 Å². The number of rotatable bonds is 4. The van der Waals surface area contributed by atoms with Crippen LogP contribution in [0.2, 0.25) is 0 Å². The van der Waals surface area contributed by atoms with E-state index in [9.17, 15) is 20.4 Å². The molecule has 1 saturated heterocycles. The summed E-state index contributed by atoms with van der Waals surface area (Å²) in [5.41, 5.74) is 1.73. The van der Waals surface area contributed by atoms with E-state index in [4.69, 9.17) is 9.47 Å². The fourth-order valence-corrected chi connectivity index (χ4v) is 2.72. The van der Waals surface area contributed by atoms with E-state index < -0.39 is 37.3 Å². The smallest absolute Gasteiger partial charge is 0.229 e. The lowest BCUT2D eigenvalue weighted by Crippen LogP contribution is -2.60. The van der Waals surface area contributed by atoms with Gasteiger partial charge in [0.1, 0.15) is 30.2 Å². The van der Waals surface area contributed by atoms with Gasteiger partial charge in [0, 0.05) is 5.56 Å². The third-order valence-corrected chi connectivity index (χ3v) is 4.06. The van der Waals surface area contributed by atoms with Crippen LogP contribution in [-0.2, 0) is 4.74 Å². The zero-order valence-electron chi connectivity index (χ0n) is 12.9. The van der Waals surface area contributed by atoms with Crippen molar-refractivity contribution in [2.75, 3.05) is 6.61 Å². The van der Waals surface area contributed by atoms with Crippen molar-refractivity contribution in [1.82, 2.24) is 0 Å². The van der Waals surface area contributed by atoms with Gasteiger partial charge in [0.05, 0.1) is 6.61 Å². The molecule has 6 heteroatoms. The summed E-state index contributed by atoms with van der Waals surface area (Å²) < 4.78 is 11.1. The lowest BCUT2D eigenvalue weighted by molar-refractivity contribution is -0.277. The van der Waals surface area contributed by atoms with E-state index in [0.29, 0.717) is 5.75 Å². The number of para-hydroxylation sites is 1. The van der Waals surface area contributed by atoms with Gasteiger partial charge in [-0.2, -0.15) is 0 Å². The summed E-state index contributed by atoms with van der Waals surface area (Å²) in [5, 5.41) is 39.0. The molecule has 0 unspecified atom stereocenters. The van der Waals surface area contributed by atoms with E-state index in [1.807, 2.05) is 42.5 Å². The predicted octanol–water partition coefficient (Wildman–Crippen LogP) is 0.532. The minimum atomic E-state index is -1.47. The van der Waals surface area contributed by atoms with Crippen molar-refractivity contribution >= 4 is 0 Å². The van der Waals surface area contributed by atoms with Gasteiger partial charge in [0.2, 0.25) is 6.29 Å². The SMILES string of the molecule is OC[C@H]1O[C@H](Oc2ccccc2-c2ccccc2)[C@@H](O)[C@H](O)[C@@H]1O. The van der Waals surface area contributed by atoms with Gasteiger partial charge >= 0.3 is 0 Å². The van der Waals surface area contributed by atoms with Crippen LogP contribution in [0.3, 0.4) is 0 Å². The Morgan fingerprint density at radius 1 is 0.833 bits per heavy atom. The molecule has 3 rings (SSSR count). The second kappa shape index (κ2) is 7.29. The monoisotopic (exact) mass is 332 g/mol. The fraction of sp³-hybridized carbons (Fsp3) is 0.333. The molecule has 0 bridgehead atoms. The molecule has 1 fully saturated rings. The van der Waals surface area contributed by atoms with Crippen molar-refractivity contribution < 1.29 is 29.9 Å². The highest BCUT2D eigenvalue weighted by molar-refractivity contribution is 5.70. The van der Waals surface area contributed by atoms with Crippen LogP contribution in [0.4, 0.5) is 0 Å². The van der Waals surface area contributed by atoms with Gasteiger partial charge in [0.25, 0.3) is 0 Å². The Morgan fingerprint density at radius 2 is 1.50 bits per heavy atom. The highest BCUT2D eigenvalue weighted by Crippen LogP contribution is 2.32. The van der Waals surface area contributed by atoms with Gasteiger partial charge in [-0.05, 0) is 11.6 Å². The average molecular weight is 332 g/mol. The molecule has 0 amide bonds. The Hall–Kier alpha value is -1.96. The van der Waals surface area contributed by atoms with E-state index in [2.05, 4.69) is 0 Å². The molecular weight excluding hydrogens is 312 g/mol. The first-order valence-corrected chi connectivity index (χ1v) is 7.73. The minimum absolute atomic E-state index is 0.466. The first-order valence-electron chi connectivity index (χ1n) is 7.73. The van der Waals surface area contributed by atoms with Gasteiger partial charge in [0.15, 0.2) is 0 Å². The van der Waals surface area contributed by atoms with Crippen molar-refractivity contribution in [3.63, 3.8) is 0 Å². The number of aliphatic hydroxyl groups excluding tert-OH is 4. The van der Waals surface area contributed by atoms with Crippen LogP contribution in [0.5, 0.6) is 5.75 Å². The number of aliphatic hydroxyl groups is 4. The maximum atomic E-state index is 10.1. The second-order valence-electron chi connectivity index (χ2n) is 5.68. The van der Waals surface area contributed by atoms with Crippen molar-refractivity contribution in [1.29, 1.82) is 0 Å². The molecule has 5 atom stereocenters. The summed E-state index contributed by atoms with van der Waals surface area (Å²) in [4.78, 5) is 0. The standard InChI is InChI=1S/C18H20O6/c19-10-14-15(20)16(21)17(22)18(24-14)23-13-9-5-4-8-12(13)11-6-2-1-3-7-11/h1-9,14-22H,10H2/t14-,15-,16-,17+,18+/m1/s1. The van der Waals surface area contributed by atoms with E-state index >= 15 is 0 Å². The maximum absolute atomic E-state index is 10.1. The van der Waals surface area contributed by atoms with Crippen LogP contribution in [0, 0.1) is 0 Å². The van der Waals surface area contributed by atoms with Gasteiger partial charge in [-0.3, -0.25) is 0 Å². The zero-order valence-corrected chi connectivity index (χ0v) is 12.9. The Balaban J connectivity index is 1.86. The van der Waals surface area contributed by atoms with Gasteiger partial charge in [-0.15, -0.1) is 0 Å². The lowest BCUT2D eigenvalue weighted by atomic mass is 9.99. The zero-order chi connectivity index (χ0) is 17.1. The van der Waals surface area contributed by atoms with Crippen LogP contribution < -0.4 is 4.74 Å². The van der Waals surface area contributed by atoms with Crippen LogP contribution in [0.25, 0.3) is 11.1 Å². The minimum Gasteiger partial charge on any atom is -0.461 e. The van der Waals surface area contributed by atoms with Crippen LogP contribution >= 0.6 is 0 Å². The van der Waals surface area contributed by atoms with E-state index in [-0.39, 0.29) is 0 Å². The molecule has 128 valence electrons. The van der Waals surface area contributed by atoms with E-state index in [1.165, 1.54) is 0 Å². The Kier molecular flexibility index (Phi) is 5.13. The van der Waals surface area contributed by atoms with Crippen molar-refractivity contribution in [3.8, 4) is 16.9 Å². The van der Waals surface area contributed by atoms with Crippen molar-refractivity contribution in [2.45, 2.75) is 30.7 Å². The number of hydrogen-bond acceptors (Lipinski definition) is 6. The summed E-state index contributed by atoms with van der Waals surface area (Å²) in [6.07, 6.45) is -6.52. The Bertz CT molecular complexity index is 660. The lowest BCUT2D eigenvalue weighted by Gasteiger charge is -2.39. The third kappa shape index (κ3) is 3.28. The first kappa shape index (κ1) is 16.9. The predicted molar refractivity (Wildman–Crippen MR) is 86.3 cm³/mol. The molecular formula is C18H20O6. The summed E-state index contributed by atoms with van der Waals surface area (Å²) in [6, 6.07) is 16.8. The molecule has 0 aromatic heterocycles. The summed E-state index contributed by atoms with van der Waals surface area (Å²) in [7, 11) is 0. The molecule has 0 radical (unpaired) electrons. The molecule has 2 aromatic rings. The van der Waals surface area contributed by atoms with Crippen LogP contribution in [-0.4, -0.2) is 57.7 Å². The topological polar surface area (TPSA) is 99.4 Å². The quantitative estimate of drug-likeness (QED) is 0.652. The van der Waals surface area contributed by atoms with E-state index in [0.717, 1.165) is 11.1 Å². The molecule has 0 saturated carbocycles. The molecule has 0 aliphatic carbocycles. The number of benzene rings is 2. The first-order chi connectivity index (χ1) is 11.6. The highest BCUT2D eigenvalue weighted by Gasteiger charge is 2.44. The average Bonchev–Trinajstić information content (AvgIpc) is 2.63. The summed E-state index contributed by atoms with van der Waals surface area (Å²) in [5.74, 6) is 0.466. The second-order valence-corrected chi connectivity index (χ2v) is 5.68. The summed E-state index contributed by atoms with van der Waals surface area (Å²) >= 11 is 0. The third-order valence-electron chi connectivity index (χ3n) is 4.06. The van der Waals surface area contributed by atoms with E-state index in [1.54, 1.807) is 12.1 Å².